The van der Waals surface area contributed by atoms with E-state index >= 15 is 0 Å². The van der Waals surface area contributed by atoms with Gasteiger partial charge in [0.25, 0.3) is 0 Å². The van der Waals surface area contributed by atoms with Gasteiger partial charge in [-0.05, 0) is 66.6 Å². The largest absolute Gasteiger partial charge is 0.593 e. The monoisotopic (exact) mass is 454 g/mol. The molecular formula is C23H26F4N2OS. The van der Waals surface area contributed by atoms with Gasteiger partial charge in [0.1, 0.15) is 5.82 Å². The second-order valence-corrected chi connectivity index (χ2v) is 9.80. The lowest BCUT2D eigenvalue weighted by Crippen LogP contribution is -2.55. The van der Waals surface area contributed by atoms with Gasteiger partial charge < -0.3 is 9.45 Å². The number of alkyl halides is 3. The first kappa shape index (κ1) is 22.4. The maximum absolute atomic E-state index is 14.5. The molecule has 0 radical (unpaired) electrons. The molecule has 168 valence electrons. The molecule has 0 saturated carbocycles. The Bertz CT molecular complexity index is 952. The van der Waals surface area contributed by atoms with Crippen LogP contribution in [0.4, 0.5) is 23.2 Å². The lowest BCUT2D eigenvalue weighted by Gasteiger charge is -2.41. The number of benzene rings is 2. The zero-order valence-electron chi connectivity index (χ0n) is 17.6. The summed E-state index contributed by atoms with van der Waals surface area (Å²) < 4.78 is 68.3. The minimum atomic E-state index is -4.58. The van der Waals surface area contributed by atoms with Crippen LogP contribution in [0.3, 0.4) is 0 Å². The molecule has 0 N–H and O–H groups in total. The third kappa shape index (κ3) is 4.43. The van der Waals surface area contributed by atoms with Crippen molar-refractivity contribution < 1.29 is 22.1 Å². The zero-order chi connectivity index (χ0) is 22.3. The molecule has 8 heteroatoms. The Morgan fingerprint density at radius 3 is 2.58 bits per heavy atom. The SMILES string of the molecule is CCC1CN(c2ccc(C(F)(F)F)cc2F)CCN1[S+]([O-])c1ccc2c(c1)C(C)CC2. The molecule has 4 rings (SSSR count). The summed E-state index contributed by atoms with van der Waals surface area (Å²) in [6.07, 6.45) is -1.71. The number of anilines is 1. The van der Waals surface area contributed by atoms with E-state index in [1.165, 1.54) is 17.2 Å². The number of halogens is 4. The standard InChI is InChI=1S/C23H26F4N2OS/c1-3-18-14-28(22-9-7-17(12-21(22)24)23(25,26)27)10-11-29(18)31(30)19-8-6-16-5-4-15(2)20(16)13-19/h6-9,12-13,15,18H,3-5,10-11,14H2,1-2H3. The van der Waals surface area contributed by atoms with Gasteiger partial charge in [0, 0.05) is 13.1 Å². The van der Waals surface area contributed by atoms with Gasteiger partial charge in [-0.3, -0.25) is 0 Å². The molecule has 1 heterocycles. The summed E-state index contributed by atoms with van der Waals surface area (Å²) >= 11 is -1.34. The highest BCUT2D eigenvalue weighted by atomic mass is 32.2. The number of rotatable bonds is 4. The Morgan fingerprint density at radius 2 is 1.90 bits per heavy atom. The van der Waals surface area contributed by atoms with Gasteiger partial charge in [-0.1, -0.05) is 19.9 Å². The predicted octanol–water partition coefficient (Wildman–Crippen LogP) is 5.52. The molecule has 1 fully saturated rings. The third-order valence-corrected chi connectivity index (χ3v) is 7.99. The highest BCUT2D eigenvalue weighted by Gasteiger charge is 2.37. The second kappa shape index (κ2) is 8.64. The van der Waals surface area contributed by atoms with Crippen LogP contribution in [0.1, 0.15) is 49.3 Å². The minimum Gasteiger partial charge on any atom is -0.593 e. The fourth-order valence-electron chi connectivity index (χ4n) is 4.58. The van der Waals surface area contributed by atoms with Crippen molar-refractivity contribution in [3.8, 4) is 0 Å². The lowest BCUT2D eigenvalue weighted by atomic mass is 10.0. The number of nitrogens with zero attached hydrogens (tertiary/aromatic N) is 2. The summed E-state index contributed by atoms with van der Waals surface area (Å²) in [4.78, 5) is 2.53. The van der Waals surface area contributed by atoms with E-state index < -0.39 is 28.9 Å². The van der Waals surface area contributed by atoms with E-state index in [0.29, 0.717) is 38.0 Å². The fraction of sp³-hybridized carbons (Fsp3) is 0.478. The number of aryl methyl sites for hydroxylation is 1. The highest BCUT2D eigenvalue weighted by molar-refractivity contribution is 7.89. The van der Waals surface area contributed by atoms with Crippen LogP contribution in [0.5, 0.6) is 0 Å². The van der Waals surface area contributed by atoms with Gasteiger partial charge in [0.2, 0.25) is 0 Å². The average molecular weight is 455 g/mol. The average Bonchev–Trinajstić information content (AvgIpc) is 3.12. The van der Waals surface area contributed by atoms with Gasteiger partial charge in [-0.2, -0.15) is 13.2 Å². The van der Waals surface area contributed by atoms with Crippen LogP contribution in [-0.4, -0.2) is 34.5 Å². The van der Waals surface area contributed by atoms with Crippen LogP contribution in [-0.2, 0) is 24.0 Å². The molecule has 0 bridgehead atoms. The first-order valence-corrected chi connectivity index (χ1v) is 11.7. The van der Waals surface area contributed by atoms with Crippen molar-refractivity contribution in [2.45, 2.75) is 56.1 Å². The summed E-state index contributed by atoms with van der Waals surface area (Å²) in [6, 6.07) is 8.61. The van der Waals surface area contributed by atoms with Crippen molar-refractivity contribution in [3.05, 3.63) is 58.9 Å². The maximum atomic E-state index is 14.5. The Morgan fingerprint density at radius 1 is 1.13 bits per heavy atom. The molecular weight excluding hydrogens is 428 g/mol. The predicted molar refractivity (Wildman–Crippen MR) is 114 cm³/mol. The van der Waals surface area contributed by atoms with Gasteiger partial charge >= 0.3 is 6.18 Å². The molecule has 1 aliphatic carbocycles. The van der Waals surface area contributed by atoms with Crippen LogP contribution < -0.4 is 4.90 Å². The number of piperazine rings is 1. The Kier molecular flexibility index (Phi) is 6.25. The van der Waals surface area contributed by atoms with Crippen molar-refractivity contribution in [3.63, 3.8) is 0 Å². The maximum Gasteiger partial charge on any atom is 0.416 e. The molecule has 0 amide bonds. The quantitative estimate of drug-likeness (QED) is 0.450. The summed E-state index contributed by atoms with van der Waals surface area (Å²) in [6.45, 7) is 5.41. The topological polar surface area (TPSA) is 29.5 Å². The summed E-state index contributed by atoms with van der Waals surface area (Å²) in [7, 11) is 0. The van der Waals surface area contributed by atoms with Crippen LogP contribution >= 0.6 is 0 Å². The summed E-state index contributed by atoms with van der Waals surface area (Å²) in [5.74, 6) is -0.416. The molecule has 3 unspecified atom stereocenters. The van der Waals surface area contributed by atoms with Crippen molar-refractivity contribution in [2.24, 2.45) is 0 Å². The highest BCUT2D eigenvalue weighted by Crippen LogP contribution is 2.36. The van der Waals surface area contributed by atoms with Gasteiger partial charge in [0.15, 0.2) is 4.90 Å². The Hall–Kier alpha value is -1.77. The van der Waals surface area contributed by atoms with E-state index in [0.717, 1.165) is 23.8 Å². The number of hydrogen-bond acceptors (Lipinski definition) is 3. The molecule has 0 aromatic heterocycles. The van der Waals surface area contributed by atoms with Crippen molar-refractivity contribution in [2.75, 3.05) is 24.5 Å². The second-order valence-electron chi connectivity index (χ2n) is 8.36. The summed E-state index contributed by atoms with van der Waals surface area (Å²) in [5.41, 5.74) is 1.75. The van der Waals surface area contributed by atoms with Crippen molar-refractivity contribution >= 4 is 17.0 Å². The molecule has 2 aromatic carbocycles. The van der Waals surface area contributed by atoms with Gasteiger partial charge in [-0.25, -0.2) is 4.39 Å². The minimum absolute atomic E-state index is 0.0954. The van der Waals surface area contributed by atoms with E-state index in [1.807, 2.05) is 17.3 Å². The molecule has 1 saturated heterocycles. The van der Waals surface area contributed by atoms with E-state index in [4.69, 9.17) is 0 Å². The van der Waals surface area contributed by atoms with E-state index in [-0.39, 0.29) is 11.7 Å². The van der Waals surface area contributed by atoms with E-state index in [9.17, 15) is 22.1 Å². The van der Waals surface area contributed by atoms with Crippen molar-refractivity contribution in [1.82, 2.24) is 4.31 Å². The first-order chi connectivity index (χ1) is 14.7. The number of fused-ring (bicyclic) bond motifs is 1. The lowest BCUT2D eigenvalue weighted by molar-refractivity contribution is -0.137. The Balaban J connectivity index is 1.51. The van der Waals surface area contributed by atoms with E-state index in [1.54, 1.807) is 4.90 Å². The number of hydrogen-bond donors (Lipinski definition) is 0. The Labute approximate surface area is 183 Å². The van der Waals surface area contributed by atoms with Gasteiger partial charge in [-0.15, -0.1) is 4.31 Å². The van der Waals surface area contributed by atoms with Gasteiger partial charge in [0.05, 0.1) is 35.2 Å². The van der Waals surface area contributed by atoms with E-state index in [2.05, 4.69) is 19.1 Å². The molecule has 2 aliphatic rings. The molecule has 2 aromatic rings. The molecule has 31 heavy (non-hydrogen) atoms. The smallest absolute Gasteiger partial charge is 0.416 e. The van der Waals surface area contributed by atoms with Crippen LogP contribution in [0.15, 0.2) is 41.3 Å². The molecule has 0 spiro atoms. The van der Waals surface area contributed by atoms with Crippen molar-refractivity contribution in [1.29, 1.82) is 0 Å². The first-order valence-electron chi connectivity index (χ1n) is 10.6. The summed E-state index contributed by atoms with van der Waals surface area (Å²) in [5, 5.41) is 0. The fourth-order valence-corrected chi connectivity index (χ4v) is 6.00. The van der Waals surface area contributed by atoms with Crippen LogP contribution in [0.2, 0.25) is 0 Å². The van der Waals surface area contributed by atoms with Crippen LogP contribution in [0.25, 0.3) is 0 Å². The molecule has 1 aliphatic heterocycles. The normalized spacial score (nSPS) is 23.1. The molecule has 3 nitrogen and oxygen atoms in total. The zero-order valence-corrected chi connectivity index (χ0v) is 18.4. The molecule has 3 atom stereocenters. The third-order valence-electron chi connectivity index (χ3n) is 6.43. The van der Waals surface area contributed by atoms with Crippen LogP contribution in [0, 0.1) is 5.82 Å².